The van der Waals surface area contributed by atoms with E-state index in [1.165, 1.54) is 23.7 Å². The number of sulfonamides is 1. The summed E-state index contributed by atoms with van der Waals surface area (Å²) in [5.74, 6) is 0.394. The van der Waals surface area contributed by atoms with Crippen molar-refractivity contribution in [3.63, 3.8) is 0 Å². The van der Waals surface area contributed by atoms with Gasteiger partial charge in [0.15, 0.2) is 0 Å². The molecule has 0 saturated carbocycles. The fourth-order valence-corrected chi connectivity index (χ4v) is 3.77. The van der Waals surface area contributed by atoms with Gasteiger partial charge in [-0.25, -0.2) is 13.4 Å². The van der Waals surface area contributed by atoms with Gasteiger partial charge in [-0.15, -0.1) is 0 Å². The van der Waals surface area contributed by atoms with Gasteiger partial charge in [-0.05, 0) is 24.1 Å². The second kappa shape index (κ2) is 4.79. The van der Waals surface area contributed by atoms with E-state index in [0.29, 0.717) is 12.4 Å². The number of anilines is 1. The van der Waals surface area contributed by atoms with E-state index < -0.39 is 10.0 Å². The topological polar surface area (TPSA) is 59.5 Å². The molecule has 0 saturated heterocycles. The molecule has 2 aromatic rings. The van der Waals surface area contributed by atoms with Crippen LogP contribution in [0, 0.1) is 0 Å². The van der Waals surface area contributed by atoms with Crippen molar-refractivity contribution in [3.05, 3.63) is 48.2 Å². The number of pyridine rings is 1. The Morgan fingerprint density at radius 1 is 1.20 bits per heavy atom. The molecule has 1 aromatic carbocycles. The largest absolute Gasteiger partial charge is 0.481 e. The first kappa shape index (κ1) is 12.9. The van der Waals surface area contributed by atoms with Gasteiger partial charge >= 0.3 is 0 Å². The molecule has 1 aliphatic rings. The first-order valence-electron chi connectivity index (χ1n) is 6.23. The van der Waals surface area contributed by atoms with Crippen LogP contribution >= 0.6 is 0 Å². The van der Waals surface area contributed by atoms with Crippen molar-refractivity contribution >= 4 is 15.7 Å². The number of aromatic nitrogens is 1. The maximum Gasteiger partial charge on any atom is 0.265 e. The van der Waals surface area contributed by atoms with Gasteiger partial charge < -0.3 is 4.74 Å². The lowest BCUT2D eigenvalue weighted by molar-refractivity contribution is 0.397. The highest BCUT2D eigenvalue weighted by Crippen LogP contribution is 2.32. The molecule has 0 spiro atoms. The first-order chi connectivity index (χ1) is 9.63. The van der Waals surface area contributed by atoms with Gasteiger partial charge in [0.05, 0.1) is 19.0 Å². The summed E-state index contributed by atoms with van der Waals surface area (Å²) in [6.45, 7) is 0.466. The summed E-state index contributed by atoms with van der Waals surface area (Å²) in [4.78, 5) is 4.14. The Labute approximate surface area is 117 Å². The normalized spacial score (nSPS) is 14.2. The number of methoxy groups -OCH3 is 1. The highest BCUT2D eigenvalue weighted by Gasteiger charge is 2.30. The minimum atomic E-state index is -3.56. The summed E-state index contributed by atoms with van der Waals surface area (Å²) in [7, 11) is -2.07. The van der Waals surface area contributed by atoms with Crippen LogP contribution < -0.4 is 9.04 Å². The van der Waals surface area contributed by atoms with Crippen LogP contribution in [0.5, 0.6) is 5.88 Å². The van der Waals surface area contributed by atoms with E-state index in [0.717, 1.165) is 17.7 Å². The molecule has 0 bridgehead atoms. The molecule has 0 atom stereocenters. The smallest absolute Gasteiger partial charge is 0.265 e. The summed E-state index contributed by atoms with van der Waals surface area (Å²) in [5, 5.41) is 0. The standard InChI is InChI=1S/C14H14N2O3S/c1-19-14-7-6-12(10-15-14)20(17,18)16-9-8-11-4-2-3-5-13(11)16/h2-7,10H,8-9H2,1H3. The van der Waals surface area contributed by atoms with Crippen molar-refractivity contribution in [1.29, 1.82) is 0 Å². The molecule has 0 unspecified atom stereocenters. The van der Waals surface area contributed by atoms with Gasteiger partial charge in [0.2, 0.25) is 5.88 Å². The average Bonchev–Trinajstić information content (AvgIpc) is 2.92. The third-order valence-corrected chi connectivity index (χ3v) is 5.15. The van der Waals surface area contributed by atoms with Crippen molar-refractivity contribution in [1.82, 2.24) is 4.98 Å². The van der Waals surface area contributed by atoms with Crippen LogP contribution in [0.3, 0.4) is 0 Å². The van der Waals surface area contributed by atoms with E-state index in [1.54, 1.807) is 6.07 Å². The number of para-hydroxylation sites is 1. The highest BCUT2D eigenvalue weighted by atomic mass is 32.2. The van der Waals surface area contributed by atoms with Gasteiger partial charge in [-0.3, -0.25) is 4.31 Å². The third kappa shape index (κ3) is 2.02. The van der Waals surface area contributed by atoms with Gasteiger partial charge in [0.25, 0.3) is 10.0 Å². The van der Waals surface area contributed by atoms with E-state index in [4.69, 9.17) is 4.74 Å². The Morgan fingerprint density at radius 3 is 2.70 bits per heavy atom. The van der Waals surface area contributed by atoms with Crippen molar-refractivity contribution in [3.8, 4) is 5.88 Å². The fourth-order valence-electron chi connectivity index (χ4n) is 2.32. The Morgan fingerprint density at radius 2 is 2.00 bits per heavy atom. The summed E-state index contributed by atoms with van der Waals surface area (Å²) in [5.41, 5.74) is 1.81. The molecule has 0 N–H and O–H groups in total. The molecule has 6 heteroatoms. The molecule has 2 heterocycles. The van der Waals surface area contributed by atoms with Crippen molar-refractivity contribution in [2.24, 2.45) is 0 Å². The Kier molecular flexibility index (Phi) is 3.10. The zero-order chi connectivity index (χ0) is 14.2. The molecule has 0 fully saturated rings. The molecule has 1 aliphatic heterocycles. The number of hydrogen-bond donors (Lipinski definition) is 0. The fraction of sp³-hybridized carbons (Fsp3) is 0.214. The molecular weight excluding hydrogens is 276 g/mol. The van der Waals surface area contributed by atoms with E-state index >= 15 is 0 Å². The first-order valence-corrected chi connectivity index (χ1v) is 7.67. The van der Waals surface area contributed by atoms with Crippen LogP contribution in [0.1, 0.15) is 5.56 Å². The zero-order valence-corrected chi connectivity index (χ0v) is 11.8. The van der Waals surface area contributed by atoms with Gasteiger partial charge in [0.1, 0.15) is 4.90 Å². The summed E-state index contributed by atoms with van der Waals surface area (Å²) in [6, 6.07) is 10.6. The number of rotatable bonds is 3. The highest BCUT2D eigenvalue weighted by molar-refractivity contribution is 7.92. The molecule has 3 rings (SSSR count). The van der Waals surface area contributed by atoms with Crippen LogP contribution in [0.15, 0.2) is 47.5 Å². The molecule has 5 nitrogen and oxygen atoms in total. The van der Waals surface area contributed by atoms with Crippen molar-refractivity contribution in [2.45, 2.75) is 11.3 Å². The van der Waals surface area contributed by atoms with E-state index in [2.05, 4.69) is 4.98 Å². The predicted octanol–water partition coefficient (Wildman–Crippen LogP) is 1.84. The molecular formula is C14H14N2O3S. The SMILES string of the molecule is COc1ccc(S(=O)(=O)N2CCc3ccccc32)cn1. The van der Waals surface area contributed by atoms with E-state index in [9.17, 15) is 8.42 Å². The predicted molar refractivity (Wildman–Crippen MR) is 75.5 cm³/mol. The third-order valence-electron chi connectivity index (χ3n) is 3.35. The molecule has 20 heavy (non-hydrogen) atoms. The lowest BCUT2D eigenvalue weighted by atomic mass is 10.2. The second-order valence-corrected chi connectivity index (χ2v) is 6.35. The average molecular weight is 290 g/mol. The lowest BCUT2D eigenvalue weighted by Gasteiger charge is -2.19. The Hall–Kier alpha value is -2.08. The summed E-state index contributed by atoms with van der Waals surface area (Å²) >= 11 is 0. The number of hydrogen-bond acceptors (Lipinski definition) is 4. The Bertz CT molecular complexity index is 726. The molecule has 0 amide bonds. The van der Waals surface area contributed by atoms with Gasteiger partial charge in [-0.1, -0.05) is 18.2 Å². The van der Waals surface area contributed by atoms with E-state index in [1.807, 2.05) is 24.3 Å². The summed E-state index contributed by atoms with van der Waals surface area (Å²) in [6.07, 6.45) is 2.06. The molecule has 0 radical (unpaired) electrons. The van der Waals surface area contributed by atoms with E-state index in [-0.39, 0.29) is 4.90 Å². The number of nitrogens with zero attached hydrogens (tertiary/aromatic N) is 2. The van der Waals surface area contributed by atoms with Crippen LogP contribution in [-0.4, -0.2) is 27.1 Å². The minimum absolute atomic E-state index is 0.176. The maximum atomic E-state index is 12.6. The van der Waals surface area contributed by atoms with Crippen LogP contribution in [0.25, 0.3) is 0 Å². The van der Waals surface area contributed by atoms with Gasteiger partial charge in [0, 0.05) is 12.6 Å². The van der Waals surface area contributed by atoms with Crippen LogP contribution in [-0.2, 0) is 16.4 Å². The molecule has 1 aromatic heterocycles. The van der Waals surface area contributed by atoms with Crippen LogP contribution in [0.2, 0.25) is 0 Å². The maximum absolute atomic E-state index is 12.6. The number of ether oxygens (including phenoxy) is 1. The minimum Gasteiger partial charge on any atom is -0.481 e. The number of benzene rings is 1. The Balaban J connectivity index is 2.00. The molecule has 0 aliphatic carbocycles. The van der Waals surface area contributed by atoms with Gasteiger partial charge in [-0.2, -0.15) is 0 Å². The van der Waals surface area contributed by atoms with Crippen molar-refractivity contribution < 1.29 is 13.2 Å². The summed E-state index contributed by atoms with van der Waals surface area (Å²) < 4.78 is 31.7. The van der Waals surface area contributed by atoms with Crippen molar-refractivity contribution in [2.75, 3.05) is 18.0 Å². The lowest BCUT2D eigenvalue weighted by Crippen LogP contribution is -2.29. The monoisotopic (exact) mass is 290 g/mol. The van der Waals surface area contributed by atoms with Crippen LogP contribution in [0.4, 0.5) is 5.69 Å². The second-order valence-electron chi connectivity index (χ2n) is 4.49. The zero-order valence-electron chi connectivity index (χ0n) is 11.0. The quantitative estimate of drug-likeness (QED) is 0.865. The number of fused-ring (bicyclic) bond motifs is 1. The molecule has 104 valence electrons.